The zero-order valence-electron chi connectivity index (χ0n) is 15.9. The lowest BCUT2D eigenvalue weighted by molar-refractivity contribution is 0.480. The van der Waals surface area contributed by atoms with E-state index in [0.717, 1.165) is 22.0 Å². The van der Waals surface area contributed by atoms with Crippen LogP contribution in [0.5, 0.6) is 11.5 Å². The summed E-state index contributed by atoms with van der Waals surface area (Å²) >= 11 is 5.33. The van der Waals surface area contributed by atoms with Crippen LogP contribution >= 0.6 is 12.2 Å². The fraction of sp³-hybridized carbons (Fsp3) is 0. The fourth-order valence-corrected chi connectivity index (χ4v) is 3.07. The molecular weight excluding hydrogens is 397 g/mol. The van der Waals surface area contributed by atoms with Crippen LogP contribution in [-0.2, 0) is 0 Å². The van der Waals surface area contributed by atoms with Gasteiger partial charge in [0.05, 0.1) is 6.21 Å². The molecule has 4 aromatic carbocycles. The highest BCUT2D eigenvalue weighted by atomic mass is 32.1. The number of thiocarbonyl (C=S) groups is 1. The molecule has 0 aliphatic carbocycles. The van der Waals surface area contributed by atoms with Crippen molar-refractivity contribution in [2.75, 3.05) is 5.32 Å². The topological polar surface area (TPSA) is 45.6 Å². The van der Waals surface area contributed by atoms with Crippen LogP contribution in [0.15, 0.2) is 96.1 Å². The van der Waals surface area contributed by atoms with Gasteiger partial charge in [-0.1, -0.05) is 36.4 Å². The molecule has 0 amide bonds. The molecule has 2 N–H and O–H groups in total. The Kier molecular flexibility index (Phi) is 5.96. The van der Waals surface area contributed by atoms with Crippen molar-refractivity contribution in [3.63, 3.8) is 0 Å². The van der Waals surface area contributed by atoms with Crippen LogP contribution in [0.4, 0.5) is 10.1 Å². The van der Waals surface area contributed by atoms with Crippen LogP contribution in [0, 0.1) is 5.82 Å². The van der Waals surface area contributed by atoms with Gasteiger partial charge in [-0.05, 0) is 77.8 Å². The molecule has 0 saturated carbocycles. The molecule has 0 saturated heterocycles. The van der Waals surface area contributed by atoms with E-state index in [2.05, 4.69) is 28.0 Å². The molecule has 0 bridgehead atoms. The maximum atomic E-state index is 13.0. The molecule has 0 aliphatic heterocycles. The fourth-order valence-electron chi connectivity index (χ4n) is 2.91. The van der Waals surface area contributed by atoms with Crippen molar-refractivity contribution in [3.05, 3.63) is 102 Å². The molecular formula is C24H18FN3OS. The Labute approximate surface area is 179 Å². The van der Waals surface area contributed by atoms with E-state index in [0.29, 0.717) is 16.6 Å². The first-order valence-corrected chi connectivity index (χ1v) is 9.69. The first-order chi connectivity index (χ1) is 14.7. The Morgan fingerprint density at radius 2 is 1.50 bits per heavy atom. The Balaban J connectivity index is 1.33. The van der Waals surface area contributed by atoms with Gasteiger partial charge < -0.3 is 10.1 Å². The minimum atomic E-state index is -0.297. The third-order valence-corrected chi connectivity index (χ3v) is 4.54. The normalized spacial score (nSPS) is 10.8. The smallest absolute Gasteiger partial charge is 0.191 e. The predicted octanol–water partition coefficient (Wildman–Crippen LogP) is 6.09. The Hall–Kier alpha value is -3.77. The van der Waals surface area contributed by atoms with Crippen molar-refractivity contribution in [3.8, 4) is 11.5 Å². The van der Waals surface area contributed by atoms with Crippen molar-refractivity contribution in [2.24, 2.45) is 5.10 Å². The summed E-state index contributed by atoms with van der Waals surface area (Å²) in [4.78, 5) is 0. The van der Waals surface area contributed by atoms with E-state index in [1.165, 1.54) is 12.1 Å². The van der Waals surface area contributed by atoms with Crippen molar-refractivity contribution < 1.29 is 9.13 Å². The molecule has 0 spiro atoms. The van der Waals surface area contributed by atoms with E-state index in [1.807, 2.05) is 54.6 Å². The zero-order valence-corrected chi connectivity index (χ0v) is 16.7. The second-order valence-corrected chi connectivity index (χ2v) is 6.88. The van der Waals surface area contributed by atoms with Gasteiger partial charge in [0.1, 0.15) is 17.3 Å². The van der Waals surface area contributed by atoms with Crippen LogP contribution in [0.25, 0.3) is 10.8 Å². The SMILES string of the molecule is Fc1ccc(Oc2ccc(/C=N/NC(=S)Nc3cccc4ccccc34)cc2)cc1. The molecule has 6 heteroatoms. The van der Waals surface area contributed by atoms with E-state index in [4.69, 9.17) is 17.0 Å². The molecule has 148 valence electrons. The maximum Gasteiger partial charge on any atom is 0.191 e. The monoisotopic (exact) mass is 415 g/mol. The van der Waals surface area contributed by atoms with E-state index in [1.54, 1.807) is 18.3 Å². The number of halogens is 1. The molecule has 0 radical (unpaired) electrons. The quantitative estimate of drug-likeness (QED) is 0.235. The van der Waals surface area contributed by atoms with Gasteiger partial charge in [0.15, 0.2) is 5.11 Å². The average Bonchev–Trinajstić information content (AvgIpc) is 2.77. The van der Waals surface area contributed by atoms with Gasteiger partial charge in [-0.2, -0.15) is 5.10 Å². The minimum Gasteiger partial charge on any atom is -0.457 e. The number of hydrogen-bond acceptors (Lipinski definition) is 3. The Morgan fingerprint density at radius 3 is 2.27 bits per heavy atom. The van der Waals surface area contributed by atoms with Crippen LogP contribution in [0.3, 0.4) is 0 Å². The molecule has 0 aromatic heterocycles. The molecule has 30 heavy (non-hydrogen) atoms. The third-order valence-electron chi connectivity index (χ3n) is 4.35. The van der Waals surface area contributed by atoms with Gasteiger partial charge in [0.2, 0.25) is 0 Å². The van der Waals surface area contributed by atoms with E-state index < -0.39 is 0 Å². The summed E-state index contributed by atoms with van der Waals surface area (Å²) in [5.74, 6) is 0.929. The molecule has 4 nitrogen and oxygen atoms in total. The van der Waals surface area contributed by atoms with Gasteiger partial charge in [0.25, 0.3) is 0 Å². The summed E-state index contributed by atoms with van der Waals surface area (Å²) in [7, 11) is 0. The summed E-state index contributed by atoms with van der Waals surface area (Å²) < 4.78 is 18.6. The Bertz CT molecular complexity index is 1190. The summed E-state index contributed by atoms with van der Waals surface area (Å²) in [6.45, 7) is 0. The Morgan fingerprint density at radius 1 is 0.833 bits per heavy atom. The number of nitrogens with zero attached hydrogens (tertiary/aromatic N) is 1. The van der Waals surface area contributed by atoms with Gasteiger partial charge in [-0.25, -0.2) is 4.39 Å². The van der Waals surface area contributed by atoms with E-state index in [-0.39, 0.29) is 5.82 Å². The van der Waals surface area contributed by atoms with Crippen molar-refractivity contribution in [1.82, 2.24) is 5.43 Å². The number of nitrogens with one attached hydrogen (secondary N) is 2. The van der Waals surface area contributed by atoms with Crippen molar-refractivity contribution in [1.29, 1.82) is 0 Å². The summed E-state index contributed by atoms with van der Waals surface area (Å²) in [5.41, 5.74) is 4.62. The number of fused-ring (bicyclic) bond motifs is 1. The standard InChI is InChI=1S/C24H18FN3OS/c25-19-10-14-21(15-11-19)29-20-12-8-17(9-13-20)16-26-28-24(30)27-23-7-3-5-18-4-1-2-6-22(18)23/h1-16H,(H2,27,28,30)/b26-16+. The lowest BCUT2D eigenvalue weighted by Crippen LogP contribution is -2.23. The summed E-state index contributed by atoms with van der Waals surface area (Å²) in [6, 6.07) is 27.3. The number of ether oxygens (including phenoxy) is 1. The lowest BCUT2D eigenvalue weighted by atomic mass is 10.1. The van der Waals surface area contributed by atoms with Crippen LogP contribution in [-0.4, -0.2) is 11.3 Å². The summed E-state index contributed by atoms with van der Waals surface area (Å²) in [5, 5.41) is 9.98. The average molecular weight is 415 g/mol. The zero-order chi connectivity index (χ0) is 20.8. The number of rotatable bonds is 5. The molecule has 0 atom stereocenters. The predicted molar refractivity (Wildman–Crippen MR) is 124 cm³/mol. The third kappa shape index (κ3) is 4.98. The highest BCUT2D eigenvalue weighted by Crippen LogP contribution is 2.23. The molecule has 0 fully saturated rings. The van der Waals surface area contributed by atoms with Crippen LogP contribution < -0.4 is 15.5 Å². The van der Waals surface area contributed by atoms with Gasteiger partial charge in [-0.15, -0.1) is 0 Å². The van der Waals surface area contributed by atoms with Gasteiger partial charge in [-0.3, -0.25) is 5.43 Å². The highest BCUT2D eigenvalue weighted by Gasteiger charge is 2.02. The largest absolute Gasteiger partial charge is 0.457 e. The van der Waals surface area contributed by atoms with E-state index >= 15 is 0 Å². The molecule has 0 heterocycles. The van der Waals surface area contributed by atoms with Crippen molar-refractivity contribution in [2.45, 2.75) is 0 Å². The van der Waals surface area contributed by atoms with Crippen LogP contribution in [0.1, 0.15) is 5.56 Å². The number of anilines is 1. The molecule has 4 rings (SSSR count). The number of benzene rings is 4. The highest BCUT2D eigenvalue weighted by molar-refractivity contribution is 7.80. The molecule has 4 aromatic rings. The molecule has 0 unspecified atom stereocenters. The first kappa shape index (κ1) is 19.5. The minimum absolute atomic E-state index is 0.297. The summed E-state index contributed by atoms with van der Waals surface area (Å²) in [6.07, 6.45) is 1.67. The molecule has 0 aliphatic rings. The second kappa shape index (κ2) is 9.15. The van der Waals surface area contributed by atoms with Crippen LogP contribution in [0.2, 0.25) is 0 Å². The maximum absolute atomic E-state index is 13.0. The van der Waals surface area contributed by atoms with Gasteiger partial charge in [0, 0.05) is 11.1 Å². The first-order valence-electron chi connectivity index (χ1n) is 9.29. The van der Waals surface area contributed by atoms with Gasteiger partial charge >= 0.3 is 0 Å². The van der Waals surface area contributed by atoms with Crippen molar-refractivity contribution >= 4 is 40.0 Å². The second-order valence-electron chi connectivity index (χ2n) is 6.48. The number of hydrogen-bond donors (Lipinski definition) is 2. The van der Waals surface area contributed by atoms with E-state index in [9.17, 15) is 4.39 Å². The lowest BCUT2D eigenvalue weighted by Gasteiger charge is -2.10. The number of hydrazone groups is 1.